The number of hydrogen-bond acceptors (Lipinski definition) is 3. The van der Waals surface area contributed by atoms with Gasteiger partial charge in [0.25, 0.3) is 0 Å². The molecule has 1 heterocycles. The Morgan fingerprint density at radius 2 is 2.00 bits per heavy atom. The van der Waals surface area contributed by atoms with Gasteiger partial charge in [0.15, 0.2) is 0 Å². The van der Waals surface area contributed by atoms with Gasteiger partial charge in [-0.25, -0.2) is 0 Å². The third-order valence-corrected chi connectivity index (χ3v) is 4.95. The number of rotatable bonds is 7. The summed E-state index contributed by atoms with van der Waals surface area (Å²) in [4.78, 5) is 2.61. The molecule has 2 rings (SSSR count). The van der Waals surface area contributed by atoms with Crippen LogP contribution in [-0.4, -0.2) is 18.8 Å². The smallest absolute Gasteiger partial charge is 0.0541 e. The normalized spacial score (nSPS) is 10.7. The molecule has 0 aliphatic carbocycles. The molecule has 0 atom stereocenters. The molecule has 0 saturated carbocycles. The standard InChI is InChI=1S/C14H16ClNS2/c15-13-5-1-2-6-14(13)18-11-9-16-8-7-12-4-3-10-17-12/h1-6,10,16H,7-9,11H2. The molecule has 1 nitrogen and oxygen atoms in total. The van der Waals surface area contributed by atoms with Crippen molar-refractivity contribution in [2.75, 3.05) is 18.8 Å². The zero-order valence-electron chi connectivity index (χ0n) is 10.1. The van der Waals surface area contributed by atoms with Gasteiger partial charge in [-0.15, -0.1) is 23.1 Å². The van der Waals surface area contributed by atoms with Crippen LogP contribution < -0.4 is 5.32 Å². The Bertz CT molecular complexity index is 457. The fourth-order valence-electron chi connectivity index (χ4n) is 1.59. The first-order valence-electron chi connectivity index (χ1n) is 5.96. The molecule has 1 N–H and O–H groups in total. The number of thioether (sulfide) groups is 1. The molecule has 2 aromatic rings. The second kappa shape index (κ2) is 7.85. The largest absolute Gasteiger partial charge is 0.316 e. The molecule has 96 valence electrons. The van der Waals surface area contributed by atoms with Crippen molar-refractivity contribution < 1.29 is 0 Å². The zero-order valence-corrected chi connectivity index (χ0v) is 12.5. The molecule has 0 aliphatic heterocycles. The second-order valence-corrected chi connectivity index (χ2v) is 6.43. The van der Waals surface area contributed by atoms with E-state index >= 15 is 0 Å². The average molecular weight is 298 g/mol. The molecular formula is C14H16ClNS2. The highest BCUT2D eigenvalue weighted by Crippen LogP contribution is 2.25. The lowest BCUT2D eigenvalue weighted by atomic mass is 10.3. The summed E-state index contributed by atoms with van der Waals surface area (Å²) in [6.07, 6.45) is 1.12. The van der Waals surface area contributed by atoms with Crippen molar-refractivity contribution in [2.24, 2.45) is 0 Å². The minimum Gasteiger partial charge on any atom is -0.316 e. The minimum absolute atomic E-state index is 0.848. The summed E-state index contributed by atoms with van der Waals surface area (Å²) < 4.78 is 0. The molecule has 0 bridgehead atoms. The molecule has 0 amide bonds. The van der Waals surface area contributed by atoms with Gasteiger partial charge in [-0.3, -0.25) is 0 Å². The first-order chi connectivity index (χ1) is 8.86. The van der Waals surface area contributed by atoms with E-state index < -0.39 is 0 Å². The lowest BCUT2D eigenvalue weighted by Crippen LogP contribution is -2.19. The van der Waals surface area contributed by atoms with Crippen LogP contribution >= 0.6 is 34.7 Å². The van der Waals surface area contributed by atoms with E-state index in [9.17, 15) is 0 Å². The topological polar surface area (TPSA) is 12.0 Å². The summed E-state index contributed by atoms with van der Waals surface area (Å²) in [5.41, 5.74) is 0. The molecule has 0 spiro atoms. The Kier molecular flexibility index (Phi) is 6.08. The molecule has 1 aromatic heterocycles. The summed E-state index contributed by atoms with van der Waals surface area (Å²) in [6.45, 7) is 2.06. The maximum Gasteiger partial charge on any atom is 0.0541 e. The quantitative estimate of drug-likeness (QED) is 0.603. The fourth-order valence-corrected chi connectivity index (χ4v) is 3.44. The van der Waals surface area contributed by atoms with Crippen molar-refractivity contribution in [3.05, 3.63) is 51.7 Å². The van der Waals surface area contributed by atoms with E-state index in [1.54, 1.807) is 11.8 Å². The Morgan fingerprint density at radius 1 is 1.11 bits per heavy atom. The van der Waals surface area contributed by atoms with E-state index in [2.05, 4.69) is 28.9 Å². The van der Waals surface area contributed by atoms with Crippen molar-refractivity contribution in [1.82, 2.24) is 5.32 Å². The van der Waals surface area contributed by atoms with Gasteiger partial charge in [-0.2, -0.15) is 0 Å². The van der Waals surface area contributed by atoms with Crippen LogP contribution in [0.1, 0.15) is 4.88 Å². The fraction of sp³-hybridized carbons (Fsp3) is 0.286. The highest BCUT2D eigenvalue weighted by atomic mass is 35.5. The number of benzene rings is 1. The number of thiophene rings is 1. The molecule has 18 heavy (non-hydrogen) atoms. The molecular weight excluding hydrogens is 282 g/mol. The third-order valence-electron chi connectivity index (χ3n) is 2.50. The van der Waals surface area contributed by atoms with Gasteiger partial charge in [-0.1, -0.05) is 29.8 Å². The second-order valence-electron chi connectivity index (χ2n) is 3.86. The van der Waals surface area contributed by atoms with Crippen molar-refractivity contribution >= 4 is 34.7 Å². The van der Waals surface area contributed by atoms with E-state index in [0.29, 0.717) is 0 Å². The van der Waals surface area contributed by atoms with Crippen LogP contribution in [-0.2, 0) is 6.42 Å². The van der Waals surface area contributed by atoms with Crippen molar-refractivity contribution in [3.8, 4) is 0 Å². The molecule has 0 aliphatic rings. The van der Waals surface area contributed by atoms with Gasteiger partial charge in [0.05, 0.1) is 5.02 Å². The predicted molar refractivity (Wildman–Crippen MR) is 83.1 cm³/mol. The summed E-state index contributed by atoms with van der Waals surface area (Å²) in [5.74, 6) is 1.05. The van der Waals surface area contributed by atoms with Crippen molar-refractivity contribution in [1.29, 1.82) is 0 Å². The first kappa shape index (κ1) is 13.9. The summed E-state index contributed by atoms with van der Waals surface area (Å²) in [5, 5.41) is 6.43. The lowest BCUT2D eigenvalue weighted by Gasteiger charge is -2.05. The van der Waals surface area contributed by atoms with Crippen molar-refractivity contribution in [3.63, 3.8) is 0 Å². The average Bonchev–Trinajstić information content (AvgIpc) is 2.89. The van der Waals surface area contributed by atoms with Gasteiger partial charge < -0.3 is 5.32 Å². The lowest BCUT2D eigenvalue weighted by molar-refractivity contribution is 0.725. The van der Waals surface area contributed by atoms with Gasteiger partial charge in [-0.05, 0) is 36.5 Å². The predicted octanol–water partition coefficient (Wildman–Crippen LogP) is 4.33. The van der Waals surface area contributed by atoms with Crippen LogP contribution in [0.3, 0.4) is 0 Å². The Morgan fingerprint density at radius 3 is 2.78 bits per heavy atom. The van der Waals surface area contributed by atoms with Crippen LogP contribution in [0, 0.1) is 0 Å². The molecule has 1 aromatic carbocycles. The van der Waals surface area contributed by atoms with E-state index in [1.165, 1.54) is 9.77 Å². The molecule has 0 saturated heterocycles. The highest BCUT2D eigenvalue weighted by molar-refractivity contribution is 7.99. The third kappa shape index (κ3) is 4.65. The summed E-state index contributed by atoms with van der Waals surface area (Å²) in [7, 11) is 0. The molecule has 4 heteroatoms. The maximum absolute atomic E-state index is 6.09. The summed E-state index contributed by atoms with van der Waals surface area (Å²) in [6, 6.07) is 12.3. The van der Waals surface area contributed by atoms with Crippen LogP contribution in [0.5, 0.6) is 0 Å². The Hall–Kier alpha value is -0.480. The van der Waals surface area contributed by atoms with Crippen molar-refractivity contribution in [2.45, 2.75) is 11.3 Å². The monoisotopic (exact) mass is 297 g/mol. The Labute approximate surface area is 122 Å². The van der Waals surface area contributed by atoms with Crippen LogP contribution in [0.25, 0.3) is 0 Å². The van der Waals surface area contributed by atoms with E-state index in [0.717, 1.165) is 30.3 Å². The van der Waals surface area contributed by atoms with Crippen LogP contribution in [0.15, 0.2) is 46.7 Å². The Balaban J connectivity index is 1.58. The molecule has 0 fully saturated rings. The van der Waals surface area contributed by atoms with Gasteiger partial charge in [0.2, 0.25) is 0 Å². The number of nitrogens with one attached hydrogen (secondary N) is 1. The maximum atomic E-state index is 6.09. The van der Waals surface area contributed by atoms with Gasteiger partial charge >= 0.3 is 0 Å². The van der Waals surface area contributed by atoms with Gasteiger partial charge in [0, 0.05) is 22.1 Å². The van der Waals surface area contributed by atoms with E-state index in [4.69, 9.17) is 11.6 Å². The van der Waals surface area contributed by atoms with E-state index in [1.807, 2.05) is 29.5 Å². The molecule has 0 radical (unpaired) electrons. The SMILES string of the molecule is Clc1ccccc1SCCNCCc1cccs1. The molecule has 0 unspecified atom stereocenters. The highest BCUT2D eigenvalue weighted by Gasteiger charge is 1.99. The van der Waals surface area contributed by atoms with E-state index in [-0.39, 0.29) is 0 Å². The zero-order chi connectivity index (χ0) is 12.6. The first-order valence-corrected chi connectivity index (χ1v) is 8.21. The van der Waals surface area contributed by atoms with Gasteiger partial charge in [0.1, 0.15) is 0 Å². The van der Waals surface area contributed by atoms with Crippen LogP contribution in [0.2, 0.25) is 5.02 Å². The summed E-state index contributed by atoms with van der Waals surface area (Å²) >= 11 is 9.72. The minimum atomic E-state index is 0.848. The number of halogens is 1. The van der Waals surface area contributed by atoms with Crippen LogP contribution in [0.4, 0.5) is 0 Å². The number of hydrogen-bond donors (Lipinski definition) is 1.